The molecule has 0 saturated carbocycles. The number of carbonyl (C=O) groups excluding carboxylic acids is 2. The number of thiophene rings is 1. The summed E-state index contributed by atoms with van der Waals surface area (Å²) in [5, 5.41) is 4.66. The second-order valence-electron chi connectivity index (χ2n) is 7.04. The molecule has 7 nitrogen and oxygen atoms in total. The van der Waals surface area contributed by atoms with Crippen LogP contribution >= 0.6 is 23.1 Å². The molecule has 1 aromatic heterocycles. The third-order valence-corrected chi connectivity index (χ3v) is 8.88. The van der Waals surface area contributed by atoms with E-state index < -0.39 is 10.0 Å². The molecule has 3 rings (SSSR count). The highest BCUT2D eigenvalue weighted by atomic mass is 32.2. The SMILES string of the molecule is CCCC(=O)NC1CCCN(C(=O)c2sccc2S(=O)(=O)N2CCSCC2)C1. The van der Waals surface area contributed by atoms with E-state index in [1.807, 2.05) is 6.92 Å². The summed E-state index contributed by atoms with van der Waals surface area (Å²) >= 11 is 2.92. The predicted molar refractivity (Wildman–Crippen MR) is 112 cm³/mol. The van der Waals surface area contributed by atoms with E-state index in [0.29, 0.717) is 32.6 Å². The lowest BCUT2D eigenvalue weighted by molar-refractivity contribution is -0.122. The van der Waals surface area contributed by atoms with Gasteiger partial charge in [0.05, 0.1) is 0 Å². The maximum atomic E-state index is 13.1. The lowest BCUT2D eigenvalue weighted by Gasteiger charge is -2.33. The molecule has 0 radical (unpaired) electrons. The highest BCUT2D eigenvalue weighted by molar-refractivity contribution is 7.99. The van der Waals surface area contributed by atoms with Crippen LogP contribution < -0.4 is 5.32 Å². The summed E-state index contributed by atoms with van der Waals surface area (Å²) < 4.78 is 27.5. The standard InChI is InChI=1S/C18H27N3O4S3/c1-2-4-16(22)19-14-5-3-7-20(13-14)18(23)17-15(6-10-27-17)28(24,25)21-8-11-26-12-9-21/h6,10,14H,2-5,7-9,11-13H2,1H3,(H,19,22). The number of hydrogen-bond donors (Lipinski definition) is 1. The minimum absolute atomic E-state index is 0.00385. The Morgan fingerprint density at radius 2 is 2.00 bits per heavy atom. The van der Waals surface area contributed by atoms with Gasteiger partial charge in [-0.15, -0.1) is 11.3 Å². The van der Waals surface area contributed by atoms with E-state index in [-0.39, 0.29) is 27.6 Å². The van der Waals surface area contributed by atoms with Gasteiger partial charge >= 0.3 is 0 Å². The second kappa shape index (κ2) is 9.60. The molecule has 1 unspecified atom stereocenters. The van der Waals surface area contributed by atoms with E-state index >= 15 is 0 Å². The van der Waals surface area contributed by atoms with Crippen LogP contribution in [0, 0.1) is 0 Å². The third kappa shape index (κ3) is 4.90. The molecule has 2 saturated heterocycles. The summed E-state index contributed by atoms with van der Waals surface area (Å²) in [5.74, 6) is 1.30. The first-order valence-electron chi connectivity index (χ1n) is 9.67. The summed E-state index contributed by atoms with van der Waals surface area (Å²) in [6.45, 7) is 3.91. The van der Waals surface area contributed by atoms with E-state index in [1.165, 1.54) is 15.6 Å². The molecule has 0 aromatic carbocycles. The van der Waals surface area contributed by atoms with Crippen molar-refractivity contribution >= 4 is 44.9 Å². The summed E-state index contributed by atoms with van der Waals surface area (Å²) in [4.78, 5) is 27.1. The maximum Gasteiger partial charge on any atom is 0.265 e. The molecule has 3 heterocycles. The average Bonchev–Trinajstić information content (AvgIpc) is 3.19. The number of nitrogens with one attached hydrogen (secondary N) is 1. The zero-order valence-corrected chi connectivity index (χ0v) is 18.5. The van der Waals surface area contributed by atoms with E-state index in [1.54, 1.807) is 28.1 Å². The van der Waals surface area contributed by atoms with Gasteiger partial charge in [-0.05, 0) is 30.7 Å². The third-order valence-electron chi connectivity index (χ3n) is 4.96. The molecule has 2 amide bonds. The summed E-state index contributed by atoms with van der Waals surface area (Å²) in [6, 6.07) is 1.47. The van der Waals surface area contributed by atoms with Crippen molar-refractivity contribution in [1.82, 2.24) is 14.5 Å². The van der Waals surface area contributed by atoms with Gasteiger partial charge in [0, 0.05) is 50.1 Å². The number of nitrogens with zero attached hydrogens (tertiary/aromatic N) is 2. The Hall–Kier alpha value is -1.10. The van der Waals surface area contributed by atoms with Crippen LogP contribution in [-0.2, 0) is 14.8 Å². The number of likely N-dealkylation sites (tertiary alicyclic amines) is 1. The van der Waals surface area contributed by atoms with E-state index in [4.69, 9.17) is 0 Å². The predicted octanol–water partition coefficient (Wildman–Crippen LogP) is 2.01. The number of hydrogen-bond acceptors (Lipinski definition) is 6. The van der Waals surface area contributed by atoms with Crippen molar-refractivity contribution in [1.29, 1.82) is 0 Å². The van der Waals surface area contributed by atoms with Gasteiger partial charge < -0.3 is 10.2 Å². The fraction of sp³-hybridized carbons (Fsp3) is 0.667. The molecule has 10 heteroatoms. The lowest BCUT2D eigenvalue weighted by Crippen LogP contribution is -2.49. The first-order valence-corrected chi connectivity index (χ1v) is 13.1. The van der Waals surface area contributed by atoms with E-state index in [0.717, 1.165) is 30.8 Å². The van der Waals surface area contributed by atoms with Crippen molar-refractivity contribution in [3.8, 4) is 0 Å². The maximum absolute atomic E-state index is 13.1. The average molecular weight is 446 g/mol. The van der Waals surface area contributed by atoms with E-state index in [9.17, 15) is 18.0 Å². The molecule has 0 bridgehead atoms. The Morgan fingerprint density at radius 1 is 1.25 bits per heavy atom. The zero-order valence-electron chi connectivity index (χ0n) is 16.1. The smallest absolute Gasteiger partial charge is 0.265 e. The number of amides is 2. The Kier molecular flexibility index (Phi) is 7.41. The summed E-state index contributed by atoms with van der Waals surface area (Å²) in [6.07, 6.45) is 2.89. The molecule has 2 aliphatic rings. The molecule has 0 spiro atoms. The number of carbonyl (C=O) groups is 2. The van der Waals surface area contributed by atoms with Crippen molar-refractivity contribution in [2.24, 2.45) is 0 Å². The quantitative estimate of drug-likeness (QED) is 0.724. The van der Waals surface area contributed by atoms with Gasteiger partial charge in [0.25, 0.3) is 5.91 Å². The monoisotopic (exact) mass is 445 g/mol. The van der Waals surface area contributed by atoms with Crippen LogP contribution in [0.3, 0.4) is 0 Å². The van der Waals surface area contributed by atoms with Crippen molar-refractivity contribution < 1.29 is 18.0 Å². The van der Waals surface area contributed by atoms with Crippen LogP contribution in [-0.4, -0.2) is 73.2 Å². The van der Waals surface area contributed by atoms with Crippen LogP contribution in [0.4, 0.5) is 0 Å². The number of sulfonamides is 1. The highest BCUT2D eigenvalue weighted by Crippen LogP contribution is 2.29. The highest BCUT2D eigenvalue weighted by Gasteiger charge is 2.34. The van der Waals surface area contributed by atoms with Gasteiger partial charge in [0.2, 0.25) is 15.9 Å². The molecule has 2 aliphatic heterocycles. The fourth-order valence-electron chi connectivity index (χ4n) is 3.53. The van der Waals surface area contributed by atoms with Gasteiger partial charge in [-0.2, -0.15) is 16.1 Å². The number of rotatable bonds is 6. The Balaban J connectivity index is 1.73. The van der Waals surface area contributed by atoms with Crippen molar-refractivity contribution in [2.45, 2.75) is 43.5 Å². The topological polar surface area (TPSA) is 86.8 Å². The Morgan fingerprint density at radius 3 is 2.71 bits per heavy atom. The van der Waals surface area contributed by atoms with Gasteiger partial charge in [-0.3, -0.25) is 9.59 Å². The molecule has 156 valence electrons. The summed E-state index contributed by atoms with van der Waals surface area (Å²) in [7, 11) is -3.66. The summed E-state index contributed by atoms with van der Waals surface area (Å²) in [5.41, 5.74) is 0. The molecule has 0 aliphatic carbocycles. The fourth-order valence-corrected chi connectivity index (χ4v) is 7.47. The van der Waals surface area contributed by atoms with Crippen LogP contribution in [0.15, 0.2) is 16.3 Å². The van der Waals surface area contributed by atoms with Crippen molar-refractivity contribution in [2.75, 3.05) is 37.7 Å². The number of piperidine rings is 1. The lowest BCUT2D eigenvalue weighted by atomic mass is 10.1. The Labute approximate surface area is 174 Å². The van der Waals surface area contributed by atoms with Gasteiger partial charge in [0.1, 0.15) is 9.77 Å². The molecule has 28 heavy (non-hydrogen) atoms. The van der Waals surface area contributed by atoms with Crippen LogP contribution in [0.5, 0.6) is 0 Å². The minimum Gasteiger partial charge on any atom is -0.352 e. The van der Waals surface area contributed by atoms with Gasteiger partial charge in [-0.1, -0.05) is 6.92 Å². The van der Waals surface area contributed by atoms with Gasteiger partial charge in [0.15, 0.2) is 0 Å². The first-order chi connectivity index (χ1) is 13.4. The molecule has 1 N–H and O–H groups in total. The van der Waals surface area contributed by atoms with E-state index in [2.05, 4.69) is 5.32 Å². The molecule has 1 atom stereocenters. The number of thioether (sulfide) groups is 1. The molecular formula is C18H27N3O4S3. The minimum atomic E-state index is -3.66. The van der Waals surface area contributed by atoms with Crippen molar-refractivity contribution in [3.05, 3.63) is 16.3 Å². The first kappa shape index (κ1) is 21.6. The molecule has 1 aromatic rings. The zero-order chi connectivity index (χ0) is 20.1. The normalized spacial score (nSPS) is 21.5. The van der Waals surface area contributed by atoms with Crippen LogP contribution in [0.1, 0.15) is 42.3 Å². The van der Waals surface area contributed by atoms with Crippen LogP contribution in [0.2, 0.25) is 0 Å². The molecular weight excluding hydrogens is 418 g/mol. The van der Waals surface area contributed by atoms with Crippen molar-refractivity contribution in [3.63, 3.8) is 0 Å². The Bertz CT molecular complexity index is 803. The largest absolute Gasteiger partial charge is 0.352 e. The van der Waals surface area contributed by atoms with Gasteiger partial charge in [-0.25, -0.2) is 8.42 Å². The molecule has 2 fully saturated rings. The second-order valence-corrected chi connectivity index (χ2v) is 11.1. The van der Waals surface area contributed by atoms with Crippen LogP contribution in [0.25, 0.3) is 0 Å².